The van der Waals surface area contributed by atoms with Gasteiger partial charge in [-0.2, -0.15) is 0 Å². The summed E-state index contributed by atoms with van der Waals surface area (Å²) < 4.78 is 7.50. The molecule has 0 atom stereocenters. The first-order valence-corrected chi connectivity index (χ1v) is 10.8. The molecule has 2 heterocycles. The Bertz CT molecular complexity index is 1380. The maximum Gasteiger partial charge on any atom is 0.175 e. The largest absolute Gasteiger partial charge is 0.494 e. The van der Waals surface area contributed by atoms with E-state index >= 15 is 0 Å². The van der Waals surface area contributed by atoms with Crippen LogP contribution in [0.2, 0.25) is 0 Å². The number of Topliss-reactive ketones (excluding diaryl/α,β-unsaturated/α-hetero) is 1. The summed E-state index contributed by atoms with van der Waals surface area (Å²) in [6.07, 6.45) is 0. The van der Waals surface area contributed by atoms with Gasteiger partial charge in [-0.05, 0) is 55.5 Å². The summed E-state index contributed by atoms with van der Waals surface area (Å²) in [5.74, 6) is 1.11. The van der Waals surface area contributed by atoms with E-state index < -0.39 is 0 Å². The molecule has 5 nitrogen and oxygen atoms in total. The molecule has 2 aromatic heterocycles. The highest BCUT2D eigenvalue weighted by atomic mass is 32.2. The average Bonchev–Trinajstić information content (AvgIpc) is 3.18. The second-order valence-electron chi connectivity index (χ2n) is 6.84. The van der Waals surface area contributed by atoms with Gasteiger partial charge >= 0.3 is 0 Å². The Kier molecular flexibility index (Phi) is 4.85. The quantitative estimate of drug-likeness (QED) is 0.212. The number of aromatic nitrogens is 3. The summed E-state index contributed by atoms with van der Waals surface area (Å²) >= 11 is 1.43. The highest BCUT2D eigenvalue weighted by molar-refractivity contribution is 7.99. The van der Waals surface area contributed by atoms with Gasteiger partial charge in [-0.3, -0.25) is 9.20 Å². The van der Waals surface area contributed by atoms with Crippen LogP contribution in [0.1, 0.15) is 17.3 Å². The number of benzene rings is 3. The van der Waals surface area contributed by atoms with Gasteiger partial charge in [-0.1, -0.05) is 36.0 Å². The van der Waals surface area contributed by atoms with Crippen molar-refractivity contribution in [3.05, 3.63) is 78.4 Å². The number of hydrogen-bond acceptors (Lipinski definition) is 5. The highest BCUT2D eigenvalue weighted by Crippen LogP contribution is 2.29. The monoisotopic (exact) mass is 413 g/mol. The summed E-state index contributed by atoms with van der Waals surface area (Å²) in [5.41, 5.74) is 4.30. The Morgan fingerprint density at radius 2 is 1.67 bits per heavy atom. The van der Waals surface area contributed by atoms with Gasteiger partial charge in [0.05, 0.1) is 28.9 Å². The summed E-state index contributed by atoms with van der Waals surface area (Å²) in [4.78, 5) is 22.4. The minimum Gasteiger partial charge on any atom is -0.494 e. The molecule has 0 unspecified atom stereocenters. The zero-order valence-corrected chi connectivity index (χ0v) is 17.2. The van der Waals surface area contributed by atoms with E-state index in [1.807, 2.05) is 84.1 Å². The summed E-state index contributed by atoms with van der Waals surface area (Å²) in [5, 5.41) is 1.76. The zero-order valence-electron chi connectivity index (χ0n) is 16.4. The second-order valence-corrected chi connectivity index (χ2v) is 7.78. The summed E-state index contributed by atoms with van der Waals surface area (Å²) in [7, 11) is 0. The smallest absolute Gasteiger partial charge is 0.175 e. The third kappa shape index (κ3) is 3.29. The normalized spacial score (nSPS) is 11.4. The fourth-order valence-corrected chi connectivity index (χ4v) is 4.43. The number of rotatable bonds is 6. The van der Waals surface area contributed by atoms with E-state index in [1.54, 1.807) is 0 Å². The van der Waals surface area contributed by atoms with E-state index in [4.69, 9.17) is 14.7 Å². The zero-order chi connectivity index (χ0) is 20.5. The molecule has 0 N–H and O–H groups in total. The van der Waals surface area contributed by atoms with E-state index in [9.17, 15) is 4.79 Å². The number of carbonyl (C=O) groups excluding carboxylic acids is 1. The van der Waals surface area contributed by atoms with Crippen molar-refractivity contribution in [3.8, 4) is 5.75 Å². The second kappa shape index (κ2) is 7.80. The molecular formula is C24H19N3O2S. The predicted molar refractivity (Wildman–Crippen MR) is 121 cm³/mol. The van der Waals surface area contributed by atoms with Gasteiger partial charge in [0.1, 0.15) is 11.4 Å². The van der Waals surface area contributed by atoms with Crippen LogP contribution in [0.4, 0.5) is 0 Å². The van der Waals surface area contributed by atoms with Crippen molar-refractivity contribution in [3.63, 3.8) is 0 Å². The Morgan fingerprint density at radius 3 is 2.47 bits per heavy atom. The van der Waals surface area contributed by atoms with Crippen molar-refractivity contribution in [2.75, 3.05) is 12.4 Å². The molecule has 5 aromatic rings. The fourth-order valence-electron chi connectivity index (χ4n) is 3.53. The molecule has 30 heavy (non-hydrogen) atoms. The molecule has 0 radical (unpaired) electrons. The molecule has 6 heteroatoms. The first-order valence-electron chi connectivity index (χ1n) is 9.79. The molecule has 148 valence electrons. The van der Waals surface area contributed by atoms with E-state index in [-0.39, 0.29) is 5.78 Å². The lowest BCUT2D eigenvalue weighted by Crippen LogP contribution is -2.05. The van der Waals surface area contributed by atoms with Gasteiger partial charge in [0.2, 0.25) is 0 Å². The molecule has 0 aliphatic heterocycles. The highest BCUT2D eigenvalue weighted by Gasteiger charge is 2.15. The topological polar surface area (TPSA) is 56.5 Å². The number of ether oxygens (including phenoxy) is 1. The summed E-state index contributed by atoms with van der Waals surface area (Å²) in [6.45, 7) is 2.54. The Morgan fingerprint density at radius 1 is 0.933 bits per heavy atom. The van der Waals surface area contributed by atoms with Gasteiger partial charge in [0.15, 0.2) is 10.9 Å². The van der Waals surface area contributed by atoms with Crippen LogP contribution in [-0.2, 0) is 0 Å². The van der Waals surface area contributed by atoms with Gasteiger partial charge in [0, 0.05) is 10.9 Å². The van der Waals surface area contributed by atoms with E-state index in [0.717, 1.165) is 38.5 Å². The van der Waals surface area contributed by atoms with E-state index in [0.29, 0.717) is 17.9 Å². The Hall–Kier alpha value is -3.38. The van der Waals surface area contributed by atoms with E-state index in [2.05, 4.69) is 0 Å². The molecule has 0 saturated carbocycles. The van der Waals surface area contributed by atoms with E-state index in [1.165, 1.54) is 11.8 Å². The van der Waals surface area contributed by atoms with Gasteiger partial charge in [0.25, 0.3) is 0 Å². The van der Waals surface area contributed by atoms with Crippen LogP contribution in [0, 0.1) is 0 Å². The van der Waals surface area contributed by atoms with Gasteiger partial charge in [-0.25, -0.2) is 9.97 Å². The standard InChI is InChI=1S/C24H19N3O2S/c1-2-29-17-13-11-16(12-14-17)22(28)15-30-24-26-19-8-4-3-7-18(19)23-25-20-9-5-6-10-21(20)27(23)24/h3-14H,2,15H2,1H3. The molecule has 3 aromatic carbocycles. The van der Waals surface area contributed by atoms with Crippen molar-refractivity contribution >= 4 is 45.1 Å². The van der Waals surface area contributed by atoms with Crippen molar-refractivity contribution in [1.82, 2.24) is 14.4 Å². The minimum atomic E-state index is 0.0515. The minimum absolute atomic E-state index is 0.0515. The molecule has 0 saturated heterocycles. The van der Waals surface area contributed by atoms with Crippen LogP contribution in [0.5, 0.6) is 5.75 Å². The van der Waals surface area contributed by atoms with Crippen LogP contribution in [0.3, 0.4) is 0 Å². The van der Waals surface area contributed by atoms with Crippen molar-refractivity contribution in [2.45, 2.75) is 12.1 Å². The Labute approximate surface area is 177 Å². The number of carbonyl (C=O) groups is 1. The number of hydrogen-bond donors (Lipinski definition) is 0. The Balaban J connectivity index is 1.52. The third-order valence-corrected chi connectivity index (χ3v) is 5.87. The lowest BCUT2D eigenvalue weighted by molar-refractivity contribution is 0.102. The molecule has 0 aliphatic rings. The number of fused-ring (bicyclic) bond motifs is 5. The fraction of sp³-hybridized carbons (Fsp3) is 0.125. The first-order chi connectivity index (χ1) is 14.7. The molecule has 0 bridgehead atoms. The lowest BCUT2D eigenvalue weighted by Gasteiger charge is -2.08. The van der Waals surface area contributed by atoms with Crippen molar-refractivity contribution < 1.29 is 9.53 Å². The third-order valence-electron chi connectivity index (χ3n) is 4.93. The van der Waals surface area contributed by atoms with Crippen LogP contribution >= 0.6 is 11.8 Å². The van der Waals surface area contributed by atoms with Crippen LogP contribution < -0.4 is 4.74 Å². The number of nitrogens with zero attached hydrogens (tertiary/aromatic N) is 3. The van der Waals surface area contributed by atoms with Crippen LogP contribution in [0.25, 0.3) is 27.6 Å². The van der Waals surface area contributed by atoms with Gasteiger partial charge in [-0.15, -0.1) is 0 Å². The van der Waals surface area contributed by atoms with Crippen LogP contribution in [0.15, 0.2) is 78.0 Å². The van der Waals surface area contributed by atoms with Crippen molar-refractivity contribution in [2.24, 2.45) is 0 Å². The maximum atomic E-state index is 12.8. The lowest BCUT2D eigenvalue weighted by atomic mass is 10.1. The SMILES string of the molecule is CCOc1ccc(C(=O)CSc2nc3ccccc3c3nc4ccccc4n23)cc1. The summed E-state index contributed by atoms with van der Waals surface area (Å²) in [6, 6.07) is 23.2. The molecule has 0 amide bonds. The molecule has 0 fully saturated rings. The number of ketones is 1. The molecule has 0 aliphatic carbocycles. The molecule has 5 rings (SSSR count). The van der Waals surface area contributed by atoms with Gasteiger partial charge < -0.3 is 4.74 Å². The predicted octanol–water partition coefficient (Wildman–Crippen LogP) is 5.41. The first kappa shape index (κ1) is 18.6. The number of para-hydroxylation sites is 3. The maximum absolute atomic E-state index is 12.8. The number of thioether (sulfide) groups is 1. The average molecular weight is 414 g/mol. The van der Waals surface area contributed by atoms with Crippen molar-refractivity contribution in [1.29, 1.82) is 0 Å². The van der Waals surface area contributed by atoms with Crippen LogP contribution in [-0.4, -0.2) is 32.5 Å². The molecule has 0 spiro atoms. The molecular weight excluding hydrogens is 394 g/mol. The number of imidazole rings is 1.